The van der Waals surface area contributed by atoms with Crippen LogP contribution < -0.4 is 0 Å². The highest BCUT2D eigenvalue weighted by atomic mass is 16.6. The molecule has 0 N–H and O–H groups in total. The lowest BCUT2D eigenvalue weighted by atomic mass is 9.66. The monoisotopic (exact) mass is 294 g/mol. The summed E-state index contributed by atoms with van der Waals surface area (Å²) >= 11 is 0. The molecule has 2 saturated heterocycles. The van der Waals surface area contributed by atoms with Crippen LogP contribution in [-0.2, 0) is 14.3 Å². The van der Waals surface area contributed by atoms with Gasteiger partial charge in [0, 0.05) is 31.6 Å². The van der Waals surface area contributed by atoms with Gasteiger partial charge in [0.25, 0.3) is 5.91 Å². The number of rotatable bonds is 2. The van der Waals surface area contributed by atoms with Gasteiger partial charge in [-0.1, -0.05) is 20.8 Å². The summed E-state index contributed by atoms with van der Waals surface area (Å²) in [5, 5.41) is 0. The molecule has 3 rings (SSSR count). The molecule has 0 aromatic rings. The van der Waals surface area contributed by atoms with Crippen molar-refractivity contribution in [1.82, 2.24) is 9.80 Å². The number of hydrogen-bond donors (Lipinski definition) is 0. The van der Waals surface area contributed by atoms with Crippen molar-refractivity contribution >= 4 is 11.9 Å². The van der Waals surface area contributed by atoms with E-state index in [0.717, 1.165) is 39.1 Å². The van der Waals surface area contributed by atoms with Gasteiger partial charge in [0.2, 0.25) is 0 Å². The van der Waals surface area contributed by atoms with Crippen LogP contribution in [0.1, 0.15) is 40.5 Å². The van der Waals surface area contributed by atoms with Crippen LogP contribution in [0.3, 0.4) is 0 Å². The molecule has 1 amide bonds. The van der Waals surface area contributed by atoms with Crippen molar-refractivity contribution in [3.8, 4) is 0 Å². The van der Waals surface area contributed by atoms with Gasteiger partial charge in [-0.3, -0.25) is 9.59 Å². The van der Waals surface area contributed by atoms with Gasteiger partial charge in [0.05, 0.1) is 5.41 Å². The Bertz CT molecular complexity index is 482. The summed E-state index contributed by atoms with van der Waals surface area (Å²) in [6, 6.07) is 0. The molecule has 2 bridgehead atoms. The predicted octanol–water partition coefficient (Wildman–Crippen LogP) is 1.27. The van der Waals surface area contributed by atoms with E-state index < -0.39 is 16.4 Å². The number of ether oxygens (including phenoxy) is 1. The number of carbonyl (C=O) groups is 2. The van der Waals surface area contributed by atoms with Gasteiger partial charge >= 0.3 is 5.97 Å². The topological polar surface area (TPSA) is 49.9 Å². The highest BCUT2D eigenvalue weighted by Gasteiger charge is 2.76. The van der Waals surface area contributed by atoms with Crippen molar-refractivity contribution in [2.45, 2.75) is 46.1 Å². The van der Waals surface area contributed by atoms with Gasteiger partial charge in [-0.15, -0.1) is 0 Å². The maximum Gasteiger partial charge on any atom is 0.313 e. The molecular weight excluding hydrogens is 268 g/mol. The third kappa shape index (κ3) is 1.67. The average molecular weight is 294 g/mol. The van der Waals surface area contributed by atoms with Crippen molar-refractivity contribution in [2.75, 3.05) is 32.7 Å². The van der Waals surface area contributed by atoms with Gasteiger partial charge < -0.3 is 14.5 Å². The Labute approximate surface area is 126 Å². The van der Waals surface area contributed by atoms with Crippen molar-refractivity contribution in [3.63, 3.8) is 0 Å². The van der Waals surface area contributed by atoms with Crippen LogP contribution in [0.4, 0.5) is 0 Å². The summed E-state index contributed by atoms with van der Waals surface area (Å²) in [6.07, 6.45) is 1.41. The number of amides is 1. The minimum Gasteiger partial charge on any atom is -0.448 e. The molecule has 5 nitrogen and oxygen atoms in total. The average Bonchev–Trinajstić information content (AvgIpc) is 2.77. The first kappa shape index (κ1) is 14.8. The van der Waals surface area contributed by atoms with Crippen LogP contribution >= 0.6 is 0 Å². The van der Waals surface area contributed by atoms with E-state index >= 15 is 0 Å². The molecule has 0 aromatic heterocycles. The van der Waals surface area contributed by atoms with E-state index in [4.69, 9.17) is 4.74 Å². The maximum absolute atomic E-state index is 13.1. The van der Waals surface area contributed by atoms with Gasteiger partial charge in [-0.2, -0.15) is 0 Å². The van der Waals surface area contributed by atoms with Crippen LogP contribution in [0.15, 0.2) is 0 Å². The number of carbonyl (C=O) groups excluding carboxylic acids is 2. The zero-order valence-electron chi connectivity index (χ0n) is 13.6. The van der Waals surface area contributed by atoms with Crippen molar-refractivity contribution in [1.29, 1.82) is 0 Å². The van der Waals surface area contributed by atoms with Crippen LogP contribution in [-0.4, -0.2) is 60.0 Å². The second kappa shape index (κ2) is 4.45. The number of nitrogens with zero attached hydrogens (tertiary/aromatic N) is 2. The Morgan fingerprint density at radius 3 is 2.19 bits per heavy atom. The molecule has 21 heavy (non-hydrogen) atoms. The quantitative estimate of drug-likeness (QED) is 0.720. The lowest BCUT2D eigenvalue weighted by Gasteiger charge is -2.42. The van der Waals surface area contributed by atoms with Crippen LogP contribution in [0.25, 0.3) is 0 Å². The maximum atomic E-state index is 13.1. The summed E-state index contributed by atoms with van der Waals surface area (Å²) in [5.41, 5.74) is -1.89. The van der Waals surface area contributed by atoms with Crippen molar-refractivity contribution in [3.05, 3.63) is 0 Å². The summed E-state index contributed by atoms with van der Waals surface area (Å²) < 4.78 is 5.69. The molecule has 0 unspecified atom stereocenters. The minimum atomic E-state index is -0.937. The van der Waals surface area contributed by atoms with Crippen LogP contribution in [0.5, 0.6) is 0 Å². The van der Waals surface area contributed by atoms with Crippen LogP contribution in [0, 0.1) is 10.8 Å². The smallest absolute Gasteiger partial charge is 0.313 e. The first-order valence-corrected chi connectivity index (χ1v) is 8.04. The molecular formula is C16H26N2O3. The molecule has 118 valence electrons. The lowest BCUT2D eigenvalue weighted by Crippen LogP contribution is -2.59. The van der Waals surface area contributed by atoms with E-state index in [1.807, 2.05) is 25.7 Å². The molecule has 0 spiro atoms. The van der Waals surface area contributed by atoms with E-state index in [0.29, 0.717) is 6.42 Å². The first-order chi connectivity index (χ1) is 9.78. The molecule has 5 heteroatoms. The molecule has 1 saturated carbocycles. The zero-order chi connectivity index (χ0) is 15.5. The minimum absolute atomic E-state index is 0.0258. The number of likely N-dealkylation sites (N-methyl/N-ethyl adjacent to an activating group) is 1. The third-order valence-electron chi connectivity index (χ3n) is 6.54. The first-order valence-electron chi connectivity index (χ1n) is 8.04. The fourth-order valence-corrected chi connectivity index (χ4v) is 4.24. The van der Waals surface area contributed by atoms with E-state index in [2.05, 4.69) is 11.8 Å². The molecule has 1 aliphatic carbocycles. The van der Waals surface area contributed by atoms with E-state index in [1.165, 1.54) is 0 Å². The van der Waals surface area contributed by atoms with Gasteiger partial charge in [0.1, 0.15) is 0 Å². The third-order valence-corrected chi connectivity index (χ3v) is 6.54. The van der Waals surface area contributed by atoms with Crippen molar-refractivity contribution < 1.29 is 14.3 Å². The number of fused-ring (bicyclic) bond motifs is 2. The van der Waals surface area contributed by atoms with Gasteiger partial charge in [-0.25, -0.2) is 0 Å². The molecule has 0 aromatic carbocycles. The Kier molecular flexibility index (Phi) is 3.14. The Morgan fingerprint density at radius 1 is 1.14 bits per heavy atom. The van der Waals surface area contributed by atoms with Crippen molar-refractivity contribution in [2.24, 2.45) is 10.8 Å². The number of esters is 1. The fourth-order valence-electron chi connectivity index (χ4n) is 4.24. The normalized spacial score (nSPS) is 38.7. The Hall–Kier alpha value is -1.10. The van der Waals surface area contributed by atoms with E-state index in [-0.39, 0.29) is 11.9 Å². The summed E-state index contributed by atoms with van der Waals surface area (Å²) in [5.74, 6) is -0.169. The molecule has 3 aliphatic rings. The summed E-state index contributed by atoms with van der Waals surface area (Å²) in [6.45, 7) is 12.4. The second-order valence-electron chi connectivity index (χ2n) is 7.40. The van der Waals surface area contributed by atoms with Gasteiger partial charge in [0.15, 0.2) is 5.60 Å². The number of hydrogen-bond acceptors (Lipinski definition) is 4. The second-order valence-corrected chi connectivity index (χ2v) is 7.40. The molecule has 2 aliphatic heterocycles. The molecule has 2 heterocycles. The Balaban J connectivity index is 1.84. The summed E-state index contributed by atoms with van der Waals surface area (Å²) in [4.78, 5) is 29.6. The summed E-state index contributed by atoms with van der Waals surface area (Å²) in [7, 11) is 0. The van der Waals surface area contributed by atoms with Crippen LogP contribution in [0.2, 0.25) is 0 Å². The highest BCUT2D eigenvalue weighted by Crippen LogP contribution is 2.65. The predicted molar refractivity (Wildman–Crippen MR) is 78.6 cm³/mol. The SMILES string of the molecule is CCN1CCN(C(=O)[C@@]23CC[C@](C)(C(=O)O2)C3(C)C)CC1. The Morgan fingerprint density at radius 2 is 1.76 bits per heavy atom. The van der Waals surface area contributed by atoms with E-state index in [9.17, 15) is 9.59 Å². The molecule has 3 fully saturated rings. The lowest BCUT2D eigenvalue weighted by molar-refractivity contribution is -0.175. The molecule has 2 atom stereocenters. The molecule has 0 radical (unpaired) electrons. The number of piperazine rings is 1. The highest BCUT2D eigenvalue weighted by molar-refractivity contribution is 5.96. The zero-order valence-corrected chi connectivity index (χ0v) is 13.6. The van der Waals surface area contributed by atoms with Gasteiger partial charge in [-0.05, 0) is 26.3 Å². The largest absolute Gasteiger partial charge is 0.448 e. The fraction of sp³-hybridized carbons (Fsp3) is 0.875. The van der Waals surface area contributed by atoms with E-state index in [1.54, 1.807) is 0 Å². The standard InChI is InChI=1S/C16H26N2O3/c1-5-17-8-10-18(11-9-17)12(19)16-7-6-15(4,13(20)21-16)14(16,2)3/h5-11H2,1-4H3/t15-,16-/m1/s1.